The van der Waals surface area contributed by atoms with Crippen LogP contribution >= 0.6 is 11.6 Å². The van der Waals surface area contributed by atoms with Crippen molar-refractivity contribution >= 4 is 17.5 Å². The molecule has 1 aromatic carbocycles. The number of halogens is 2. The van der Waals surface area contributed by atoms with Gasteiger partial charge in [-0.1, -0.05) is 23.7 Å². The summed E-state index contributed by atoms with van der Waals surface area (Å²) in [5.41, 5.74) is 0.393. The first-order valence-electron chi connectivity index (χ1n) is 6.23. The Balaban J connectivity index is 1.89. The van der Waals surface area contributed by atoms with Gasteiger partial charge in [-0.25, -0.2) is 4.39 Å². The summed E-state index contributed by atoms with van der Waals surface area (Å²) in [5.74, 6) is -0.589. The van der Waals surface area contributed by atoms with Crippen molar-refractivity contribution in [3.05, 3.63) is 34.6 Å². The molecule has 1 aliphatic rings. The lowest BCUT2D eigenvalue weighted by Gasteiger charge is -2.12. The van der Waals surface area contributed by atoms with E-state index in [-0.39, 0.29) is 23.5 Å². The van der Waals surface area contributed by atoms with Crippen molar-refractivity contribution in [3.8, 4) is 0 Å². The van der Waals surface area contributed by atoms with Crippen molar-refractivity contribution in [3.63, 3.8) is 0 Å². The van der Waals surface area contributed by atoms with E-state index in [1.807, 2.05) is 7.05 Å². The van der Waals surface area contributed by atoms with Crippen LogP contribution in [0.3, 0.4) is 0 Å². The molecule has 1 aromatic rings. The fraction of sp³-hybridized carbons (Fsp3) is 0.462. The van der Waals surface area contributed by atoms with Crippen LogP contribution in [-0.4, -0.2) is 31.6 Å². The Hall–Kier alpha value is -1.17. The molecule has 0 aromatic heterocycles. The summed E-state index contributed by atoms with van der Waals surface area (Å²) in [4.78, 5) is 11.9. The van der Waals surface area contributed by atoms with E-state index in [1.54, 1.807) is 12.1 Å². The van der Waals surface area contributed by atoms with Crippen molar-refractivity contribution < 1.29 is 9.18 Å². The van der Waals surface area contributed by atoms with E-state index in [1.165, 1.54) is 6.07 Å². The number of benzene rings is 1. The number of hydrogen-bond acceptors (Lipinski definition) is 3. The fourth-order valence-corrected chi connectivity index (χ4v) is 2.34. The number of amides is 1. The average Bonchev–Trinajstić information content (AvgIpc) is 2.89. The lowest BCUT2D eigenvalue weighted by atomic mass is 10.1. The first-order chi connectivity index (χ1) is 9.11. The van der Waals surface area contributed by atoms with Crippen LogP contribution in [0.1, 0.15) is 12.0 Å². The molecule has 1 fully saturated rings. The summed E-state index contributed by atoms with van der Waals surface area (Å²) in [7, 11) is 1.87. The van der Waals surface area contributed by atoms with Gasteiger partial charge in [0.1, 0.15) is 5.82 Å². The monoisotopic (exact) mass is 285 g/mol. The molecule has 2 rings (SSSR count). The minimum Gasteiger partial charge on any atom is -0.351 e. The van der Waals surface area contributed by atoms with Crippen molar-refractivity contribution in [1.82, 2.24) is 16.0 Å². The second-order valence-electron chi connectivity index (χ2n) is 4.61. The molecule has 0 unspecified atom stereocenters. The Kier molecular flexibility index (Phi) is 4.74. The van der Waals surface area contributed by atoms with Gasteiger partial charge < -0.3 is 16.0 Å². The van der Waals surface area contributed by atoms with Gasteiger partial charge >= 0.3 is 0 Å². The van der Waals surface area contributed by atoms with E-state index in [4.69, 9.17) is 11.6 Å². The average molecular weight is 286 g/mol. The molecule has 104 valence electrons. The van der Waals surface area contributed by atoms with Crippen LogP contribution in [0.4, 0.5) is 4.39 Å². The van der Waals surface area contributed by atoms with Gasteiger partial charge in [0.2, 0.25) is 5.91 Å². The molecule has 0 spiro atoms. The number of hydrogen-bond donors (Lipinski definition) is 3. The molecule has 0 radical (unpaired) electrons. The molecule has 1 heterocycles. The van der Waals surface area contributed by atoms with Gasteiger partial charge in [0.05, 0.1) is 11.1 Å². The van der Waals surface area contributed by atoms with Crippen LogP contribution in [0.5, 0.6) is 0 Å². The molecule has 6 heteroatoms. The second-order valence-corrected chi connectivity index (χ2v) is 5.02. The Morgan fingerprint density at radius 2 is 2.37 bits per heavy atom. The number of carbonyl (C=O) groups excluding carboxylic acids is 1. The van der Waals surface area contributed by atoms with Crippen molar-refractivity contribution in [2.24, 2.45) is 0 Å². The Morgan fingerprint density at radius 3 is 3.05 bits per heavy atom. The minimum atomic E-state index is -0.475. The van der Waals surface area contributed by atoms with Gasteiger partial charge in [-0.2, -0.15) is 0 Å². The summed E-state index contributed by atoms with van der Waals surface area (Å²) < 4.78 is 13.6. The third-order valence-electron chi connectivity index (χ3n) is 3.34. The van der Waals surface area contributed by atoms with E-state index in [9.17, 15) is 9.18 Å². The molecule has 2 atom stereocenters. The highest BCUT2D eigenvalue weighted by molar-refractivity contribution is 6.30. The molecule has 0 saturated carbocycles. The van der Waals surface area contributed by atoms with Gasteiger partial charge in [-0.15, -0.1) is 0 Å². The van der Waals surface area contributed by atoms with E-state index >= 15 is 0 Å². The van der Waals surface area contributed by atoms with E-state index < -0.39 is 5.82 Å². The van der Waals surface area contributed by atoms with E-state index in [0.29, 0.717) is 11.6 Å². The Bertz CT molecular complexity index is 469. The van der Waals surface area contributed by atoms with Crippen LogP contribution in [0.25, 0.3) is 0 Å². The zero-order chi connectivity index (χ0) is 13.8. The predicted octanol–water partition coefficient (Wildman–Crippen LogP) is 1.05. The van der Waals surface area contributed by atoms with Gasteiger partial charge in [-0.3, -0.25) is 4.79 Å². The van der Waals surface area contributed by atoms with Crippen LogP contribution in [0.2, 0.25) is 5.02 Å². The summed E-state index contributed by atoms with van der Waals surface area (Å²) in [6.45, 7) is 0.910. The lowest BCUT2D eigenvalue weighted by Crippen LogP contribution is -2.40. The molecule has 19 heavy (non-hydrogen) atoms. The SMILES string of the molecule is CN[C@@H]1CN[C@H](C(=O)NCc2cccc(Cl)c2F)C1. The fourth-order valence-electron chi connectivity index (χ4n) is 2.15. The first-order valence-corrected chi connectivity index (χ1v) is 6.61. The lowest BCUT2D eigenvalue weighted by molar-refractivity contribution is -0.123. The van der Waals surface area contributed by atoms with E-state index in [2.05, 4.69) is 16.0 Å². The summed E-state index contributed by atoms with van der Waals surface area (Å²) in [5, 5.41) is 9.04. The first kappa shape index (κ1) is 14.2. The van der Waals surface area contributed by atoms with Gasteiger partial charge in [0.25, 0.3) is 0 Å². The van der Waals surface area contributed by atoms with Crippen molar-refractivity contribution in [2.75, 3.05) is 13.6 Å². The van der Waals surface area contributed by atoms with Crippen LogP contribution in [0.15, 0.2) is 18.2 Å². The summed E-state index contributed by atoms with van der Waals surface area (Å²) in [6, 6.07) is 4.84. The maximum absolute atomic E-state index is 13.6. The normalized spacial score (nSPS) is 22.5. The molecule has 3 N–H and O–H groups in total. The molecule has 1 amide bonds. The van der Waals surface area contributed by atoms with Gasteiger partial charge in [0.15, 0.2) is 0 Å². The maximum atomic E-state index is 13.6. The largest absolute Gasteiger partial charge is 0.351 e. The highest BCUT2D eigenvalue weighted by Gasteiger charge is 2.28. The van der Waals surface area contributed by atoms with E-state index in [0.717, 1.165) is 13.0 Å². The van der Waals surface area contributed by atoms with Gasteiger partial charge in [-0.05, 0) is 19.5 Å². The molecular formula is C13H17ClFN3O. The molecule has 1 aliphatic heterocycles. The highest BCUT2D eigenvalue weighted by Crippen LogP contribution is 2.17. The zero-order valence-electron chi connectivity index (χ0n) is 10.7. The molecule has 0 aliphatic carbocycles. The van der Waals surface area contributed by atoms with Crippen molar-refractivity contribution in [2.45, 2.75) is 25.0 Å². The van der Waals surface area contributed by atoms with Crippen molar-refractivity contribution in [1.29, 1.82) is 0 Å². The number of carbonyl (C=O) groups is 1. The highest BCUT2D eigenvalue weighted by atomic mass is 35.5. The topological polar surface area (TPSA) is 53.2 Å². The number of nitrogens with one attached hydrogen (secondary N) is 3. The van der Waals surface area contributed by atoms with Gasteiger partial charge in [0, 0.05) is 24.7 Å². The maximum Gasteiger partial charge on any atom is 0.237 e. The standard InChI is InChI=1S/C13H17ClFN3O/c1-16-9-5-11(17-7-9)13(19)18-6-8-3-2-4-10(14)12(8)15/h2-4,9,11,16-17H,5-7H2,1H3,(H,18,19)/t9-,11-/m0/s1. The van der Waals surface area contributed by atoms with Crippen LogP contribution in [-0.2, 0) is 11.3 Å². The predicted molar refractivity (Wildman–Crippen MR) is 72.5 cm³/mol. The molecule has 4 nitrogen and oxygen atoms in total. The Morgan fingerprint density at radius 1 is 1.58 bits per heavy atom. The zero-order valence-corrected chi connectivity index (χ0v) is 11.4. The molecule has 0 bridgehead atoms. The quantitative estimate of drug-likeness (QED) is 0.775. The number of rotatable bonds is 4. The number of likely N-dealkylation sites (N-methyl/N-ethyl adjacent to an activating group) is 1. The smallest absolute Gasteiger partial charge is 0.237 e. The van der Waals surface area contributed by atoms with Crippen LogP contribution in [0, 0.1) is 5.82 Å². The summed E-state index contributed by atoms with van der Waals surface area (Å²) >= 11 is 5.69. The molecule has 1 saturated heterocycles. The third-order valence-corrected chi connectivity index (χ3v) is 3.63. The minimum absolute atomic E-state index is 0.0704. The van der Waals surface area contributed by atoms with Crippen LogP contribution < -0.4 is 16.0 Å². The summed E-state index contributed by atoms with van der Waals surface area (Å²) in [6.07, 6.45) is 0.736. The molecular weight excluding hydrogens is 269 g/mol. The second kappa shape index (κ2) is 6.32. The third kappa shape index (κ3) is 3.43. The Labute approximate surface area is 116 Å².